The average molecular weight is 449 g/mol. The Morgan fingerprint density at radius 3 is 2.65 bits per heavy atom. The SMILES string of the molecule is CN(C(=O)CSc1ccccc1C(=O)OCC(=O)NCC1CCCO1)C1CCCCC1. The molecule has 1 unspecified atom stereocenters. The van der Waals surface area contributed by atoms with Gasteiger partial charge < -0.3 is 19.7 Å². The van der Waals surface area contributed by atoms with Crippen molar-refractivity contribution >= 4 is 29.5 Å². The first-order chi connectivity index (χ1) is 15.0. The second-order valence-corrected chi connectivity index (χ2v) is 9.11. The molecule has 2 aliphatic rings. The zero-order chi connectivity index (χ0) is 22.1. The van der Waals surface area contributed by atoms with Crippen LogP contribution in [0.4, 0.5) is 0 Å². The van der Waals surface area contributed by atoms with Crippen LogP contribution in [0.3, 0.4) is 0 Å². The van der Waals surface area contributed by atoms with Crippen LogP contribution in [0.5, 0.6) is 0 Å². The molecule has 1 aliphatic heterocycles. The van der Waals surface area contributed by atoms with Crippen molar-refractivity contribution in [2.24, 2.45) is 0 Å². The van der Waals surface area contributed by atoms with E-state index in [-0.39, 0.29) is 30.3 Å². The summed E-state index contributed by atoms with van der Waals surface area (Å²) in [6.45, 7) is 0.816. The lowest BCUT2D eigenvalue weighted by Crippen LogP contribution is -2.39. The van der Waals surface area contributed by atoms with Gasteiger partial charge in [-0.25, -0.2) is 4.79 Å². The molecule has 1 aromatic rings. The van der Waals surface area contributed by atoms with Crippen molar-refractivity contribution in [3.05, 3.63) is 29.8 Å². The second kappa shape index (κ2) is 12.1. The standard InChI is InChI=1S/C23H32N2O5S/c1-25(17-8-3-2-4-9-17)22(27)16-31-20-12-6-5-11-19(20)23(28)30-15-21(26)24-14-18-10-7-13-29-18/h5-6,11-12,17-18H,2-4,7-10,13-16H2,1H3,(H,24,26). The highest BCUT2D eigenvalue weighted by Gasteiger charge is 2.23. The number of carbonyl (C=O) groups excluding carboxylic acids is 3. The van der Waals surface area contributed by atoms with E-state index in [1.54, 1.807) is 18.2 Å². The van der Waals surface area contributed by atoms with Gasteiger partial charge in [-0.15, -0.1) is 11.8 Å². The summed E-state index contributed by atoms with van der Waals surface area (Å²) in [7, 11) is 1.87. The van der Waals surface area contributed by atoms with Crippen molar-refractivity contribution < 1.29 is 23.9 Å². The average Bonchev–Trinajstić information content (AvgIpc) is 3.33. The Balaban J connectivity index is 1.46. The Labute approximate surface area is 188 Å². The maximum atomic E-state index is 12.6. The zero-order valence-corrected chi connectivity index (χ0v) is 19.0. The number of hydrogen-bond acceptors (Lipinski definition) is 6. The molecule has 1 saturated heterocycles. The number of esters is 1. The lowest BCUT2D eigenvalue weighted by Gasteiger charge is -2.31. The molecule has 0 bridgehead atoms. The minimum Gasteiger partial charge on any atom is -0.452 e. The van der Waals surface area contributed by atoms with Gasteiger partial charge in [-0.3, -0.25) is 9.59 Å². The van der Waals surface area contributed by atoms with E-state index < -0.39 is 5.97 Å². The lowest BCUT2D eigenvalue weighted by atomic mass is 9.94. The molecule has 1 aliphatic carbocycles. The molecule has 170 valence electrons. The fraction of sp³-hybridized carbons (Fsp3) is 0.609. The number of amides is 2. The van der Waals surface area contributed by atoms with Crippen LogP contribution in [0.15, 0.2) is 29.2 Å². The first kappa shape index (κ1) is 23.6. The molecule has 0 radical (unpaired) electrons. The number of thioether (sulfide) groups is 1. The van der Waals surface area contributed by atoms with Gasteiger partial charge in [0.25, 0.3) is 5.91 Å². The summed E-state index contributed by atoms with van der Waals surface area (Å²) in [5.74, 6) is -0.589. The minimum absolute atomic E-state index is 0.0426. The van der Waals surface area contributed by atoms with Gasteiger partial charge in [0.1, 0.15) is 0 Å². The third-order valence-corrected chi connectivity index (χ3v) is 6.92. The molecule has 1 N–H and O–H groups in total. The predicted octanol–water partition coefficient (Wildman–Crippen LogP) is 3.02. The van der Waals surface area contributed by atoms with Gasteiger partial charge in [0.15, 0.2) is 6.61 Å². The van der Waals surface area contributed by atoms with E-state index in [2.05, 4.69) is 5.32 Å². The molecule has 0 spiro atoms. The summed E-state index contributed by atoms with van der Waals surface area (Å²) in [6, 6.07) is 7.34. The highest BCUT2D eigenvalue weighted by Crippen LogP contribution is 2.26. The van der Waals surface area contributed by atoms with Crippen molar-refractivity contribution in [3.8, 4) is 0 Å². The first-order valence-electron chi connectivity index (χ1n) is 11.1. The molecule has 2 fully saturated rings. The lowest BCUT2D eigenvalue weighted by molar-refractivity contribution is -0.129. The third-order valence-electron chi connectivity index (χ3n) is 5.86. The zero-order valence-electron chi connectivity index (χ0n) is 18.1. The van der Waals surface area contributed by atoms with Gasteiger partial charge in [0, 0.05) is 31.1 Å². The molecule has 7 nitrogen and oxygen atoms in total. The Morgan fingerprint density at radius 1 is 1.13 bits per heavy atom. The molecule has 0 aromatic heterocycles. The normalized spacial score (nSPS) is 19.1. The van der Waals surface area contributed by atoms with Gasteiger partial charge in [-0.05, 0) is 37.8 Å². The van der Waals surface area contributed by atoms with Crippen molar-refractivity contribution in [1.29, 1.82) is 0 Å². The van der Waals surface area contributed by atoms with Crippen molar-refractivity contribution in [2.45, 2.75) is 62.0 Å². The Morgan fingerprint density at radius 2 is 1.90 bits per heavy atom. The second-order valence-electron chi connectivity index (χ2n) is 8.10. The number of nitrogens with one attached hydrogen (secondary N) is 1. The van der Waals surface area contributed by atoms with E-state index in [0.717, 1.165) is 32.3 Å². The molecular weight excluding hydrogens is 416 g/mol. The summed E-state index contributed by atoms with van der Waals surface area (Å²) >= 11 is 1.33. The van der Waals surface area contributed by atoms with Crippen LogP contribution < -0.4 is 5.32 Å². The summed E-state index contributed by atoms with van der Waals surface area (Å²) < 4.78 is 10.7. The number of rotatable bonds is 9. The van der Waals surface area contributed by atoms with E-state index in [4.69, 9.17) is 9.47 Å². The molecule has 3 rings (SSSR count). The van der Waals surface area contributed by atoms with Gasteiger partial charge >= 0.3 is 5.97 Å². The van der Waals surface area contributed by atoms with Crippen LogP contribution in [0.25, 0.3) is 0 Å². The largest absolute Gasteiger partial charge is 0.452 e. The maximum absolute atomic E-state index is 12.6. The molecule has 8 heteroatoms. The van der Waals surface area contributed by atoms with Crippen LogP contribution in [-0.4, -0.2) is 67.4 Å². The highest BCUT2D eigenvalue weighted by molar-refractivity contribution is 8.00. The van der Waals surface area contributed by atoms with Crippen LogP contribution in [-0.2, 0) is 19.1 Å². The van der Waals surface area contributed by atoms with Crippen LogP contribution in [0.1, 0.15) is 55.3 Å². The molecule has 1 aromatic carbocycles. The quantitative estimate of drug-likeness (QED) is 0.462. The van der Waals surface area contributed by atoms with Crippen molar-refractivity contribution in [3.63, 3.8) is 0 Å². The molecule has 31 heavy (non-hydrogen) atoms. The molecule has 1 saturated carbocycles. The molecular formula is C23H32N2O5S. The number of carbonyl (C=O) groups is 3. The summed E-state index contributed by atoms with van der Waals surface area (Å²) in [6.07, 6.45) is 7.69. The summed E-state index contributed by atoms with van der Waals surface area (Å²) in [4.78, 5) is 39.6. The Hall–Kier alpha value is -2.06. The van der Waals surface area contributed by atoms with Gasteiger partial charge in [0.2, 0.25) is 5.91 Å². The van der Waals surface area contributed by atoms with E-state index >= 15 is 0 Å². The Bertz CT molecular complexity index is 760. The van der Waals surface area contributed by atoms with Crippen LogP contribution in [0.2, 0.25) is 0 Å². The monoisotopic (exact) mass is 448 g/mol. The number of hydrogen-bond donors (Lipinski definition) is 1. The summed E-state index contributed by atoms with van der Waals surface area (Å²) in [5, 5.41) is 2.73. The fourth-order valence-electron chi connectivity index (χ4n) is 3.97. The Kier molecular flexibility index (Phi) is 9.21. The smallest absolute Gasteiger partial charge is 0.339 e. The number of ether oxygens (including phenoxy) is 2. The number of nitrogens with zero attached hydrogens (tertiary/aromatic N) is 1. The van der Waals surface area contributed by atoms with Crippen LogP contribution in [0, 0.1) is 0 Å². The third kappa shape index (κ3) is 7.25. The van der Waals surface area contributed by atoms with Crippen LogP contribution >= 0.6 is 11.8 Å². The number of benzene rings is 1. The van der Waals surface area contributed by atoms with Gasteiger partial charge in [0.05, 0.1) is 17.4 Å². The van der Waals surface area contributed by atoms with Crippen molar-refractivity contribution in [1.82, 2.24) is 10.2 Å². The van der Waals surface area contributed by atoms with Crippen molar-refractivity contribution in [2.75, 3.05) is 32.6 Å². The molecule has 2 amide bonds. The highest BCUT2D eigenvalue weighted by atomic mass is 32.2. The minimum atomic E-state index is -0.566. The van der Waals surface area contributed by atoms with E-state index in [9.17, 15) is 14.4 Å². The topological polar surface area (TPSA) is 84.9 Å². The molecule has 1 atom stereocenters. The van der Waals surface area contributed by atoms with E-state index in [1.165, 1.54) is 31.0 Å². The first-order valence-corrected chi connectivity index (χ1v) is 12.1. The predicted molar refractivity (Wildman–Crippen MR) is 119 cm³/mol. The molecule has 1 heterocycles. The van der Waals surface area contributed by atoms with E-state index in [1.807, 2.05) is 18.0 Å². The van der Waals surface area contributed by atoms with Gasteiger partial charge in [-0.1, -0.05) is 31.4 Å². The fourth-order valence-corrected chi connectivity index (χ4v) is 4.93. The maximum Gasteiger partial charge on any atom is 0.339 e. The summed E-state index contributed by atoms with van der Waals surface area (Å²) in [5.41, 5.74) is 0.368. The van der Waals surface area contributed by atoms with Gasteiger partial charge in [-0.2, -0.15) is 0 Å². The van der Waals surface area contributed by atoms with E-state index in [0.29, 0.717) is 23.0 Å².